The van der Waals surface area contributed by atoms with E-state index in [-0.39, 0.29) is 0 Å². The minimum Gasteiger partial charge on any atom is -0.491 e. The molecule has 0 heterocycles. The summed E-state index contributed by atoms with van der Waals surface area (Å²) in [5.41, 5.74) is 7.73. The number of nitrogen functional groups attached to an aromatic ring is 1. The first-order valence-corrected chi connectivity index (χ1v) is 5.62. The van der Waals surface area contributed by atoms with Gasteiger partial charge in [0, 0.05) is 0 Å². The topological polar surface area (TPSA) is 35.2 Å². The van der Waals surface area contributed by atoms with Crippen molar-refractivity contribution in [1.29, 1.82) is 0 Å². The summed E-state index contributed by atoms with van der Waals surface area (Å²) in [6, 6.07) is 5.89. The van der Waals surface area contributed by atoms with Gasteiger partial charge in [0.2, 0.25) is 0 Å². The van der Waals surface area contributed by atoms with Gasteiger partial charge in [-0.15, -0.1) is 0 Å². The van der Waals surface area contributed by atoms with E-state index >= 15 is 0 Å². The van der Waals surface area contributed by atoms with Gasteiger partial charge in [0.05, 0.1) is 12.3 Å². The molecule has 0 saturated carbocycles. The zero-order valence-corrected chi connectivity index (χ0v) is 9.92. The van der Waals surface area contributed by atoms with Crippen molar-refractivity contribution >= 4 is 5.69 Å². The fraction of sp³-hybridized carbons (Fsp3) is 0.538. The normalized spacial score (nSPS) is 12.5. The van der Waals surface area contributed by atoms with Crippen LogP contribution in [0.15, 0.2) is 18.2 Å². The molecular weight excluding hydrogens is 186 g/mol. The largest absolute Gasteiger partial charge is 0.491 e. The lowest BCUT2D eigenvalue weighted by molar-refractivity contribution is 0.252. The van der Waals surface area contributed by atoms with Crippen molar-refractivity contribution in [2.24, 2.45) is 5.92 Å². The molecule has 0 spiro atoms. The summed E-state index contributed by atoms with van der Waals surface area (Å²) in [7, 11) is 0. The quantitative estimate of drug-likeness (QED) is 0.751. The van der Waals surface area contributed by atoms with Gasteiger partial charge in [-0.25, -0.2) is 0 Å². The molecule has 0 saturated heterocycles. The van der Waals surface area contributed by atoms with Crippen LogP contribution < -0.4 is 10.5 Å². The van der Waals surface area contributed by atoms with Gasteiger partial charge in [-0.1, -0.05) is 26.3 Å². The van der Waals surface area contributed by atoms with E-state index in [9.17, 15) is 0 Å². The molecule has 0 bridgehead atoms. The van der Waals surface area contributed by atoms with Gasteiger partial charge < -0.3 is 10.5 Å². The molecule has 2 N–H and O–H groups in total. The lowest BCUT2D eigenvalue weighted by Gasteiger charge is -2.13. The second-order valence-electron chi connectivity index (χ2n) is 4.25. The molecule has 0 unspecified atom stereocenters. The third kappa shape index (κ3) is 3.82. The average Bonchev–Trinajstić information content (AvgIpc) is 2.20. The van der Waals surface area contributed by atoms with Crippen LogP contribution >= 0.6 is 0 Å². The molecule has 1 atom stereocenters. The summed E-state index contributed by atoms with van der Waals surface area (Å²) < 4.78 is 5.71. The molecule has 2 nitrogen and oxygen atoms in total. The molecule has 0 aliphatic heterocycles. The second kappa shape index (κ2) is 5.64. The summed E-state index contributed by atoms with van der Waals surface area (Å²) in [6.07, 6.45) is 2.40. The summed E-state index contributed by atoms with van der Waals surface area (Å²) in [5.74, 6) is 1.41. The first kappa shape index (κ1) is 11.9. The maximum Gasteiger partial charge on any atom is 0.142 e. The van der Waals surface area contributed by atoms with E-state index in [0.29, 0.717) is 5.92 Å². The van der Waals surface area contributed by atoms with Gasteiger partial charge in [0.1, 0.15) is 5.75 Å². The molecule has 0 aromatic heterocycles. The fourth-order valence-electron chi connectivity index (χ4n) is 1.57. The Balaban J connectivity index is 2.53. The number of anilines is 1. The Labute approximate surface area is 92.4 Å². The molecule has 0 fully saturated rings. The van der Waals surface area contributed by atoms with Crippen LogP contribution in [0.2, 0.25) is 0 Å². The van der Waals surface area contributed by atoms with Crippen LogP contribution in [-0.2, 0) is 0 Å². The van der Waals surface area contributed by atoms with Crippen molar-refractivity contribution in [3.8, 4) is 5.75 Å². The van der Waals surface area contributed by atoms with Crippen LogP contribution in [0.4, 0.5) is 5.69 Å². The number of benzene rings is 1. The Morgan fingerprint density at radius 3 is 2.80 bits per heavy atom. The van der Waals surface area contributed by atoms with E-state index in [1.165, 1.54) is 18.4 Å². The fourth-order valence-corrected chi connectivity index (χ4v) is 1.57. The van der Waals surface area contributed by atoms with Crippen LogP contribution in [0.3, 0.4) is 0 Å². The van der Waals surface area contributed by atoms with Crippen LogP contribution in [0, 0.1) is 12.8 Å². The van der Waals surface area contributed by atoms with Crippen molar-refractivity contribution in [3.63, 3.8) is 0 Å². The maximum absolute atomic E-state index is 5.82. The Morgan fingerprint density at radius 1 is 1.40 bits per heavy atom. The van der Waals surface area contributed by atoms with E-state index in [1.54, 1.807) is 0 Å². The predicted octanol–water partition coefficient (Wildman–Crippen LogP) is 3.39. The Morgan fingerprint density at radius 2 is 2.13 bits per heavy atom. The average molecular weight is 207 g/mol. The monoisotopic (exact) mass is 207 g/mol. The van der Waals surface area contributed by atoms with Gasteiger partial charge in [0.15, 0.2) is 0 Å². The molecule has 0 aliphatic carbocycles. The molecule has 15 heavy (non-hydrogen) atoms. The number of nitrogens with two attached hydrogens (primary N) is 1. The minimum atomic E-state index is 0.593. The van der Waals surface area contributed by atoms with Crippen molar-refractivity contribution < 1.29 is 4.74 Å². The van der Waals surface area contributed by atoms with E-state index in [2.05, 4.69) is 13.8 Å². The first-order valence-electron chi connectivity index (χ1n) is 5.62. The van der Waals surface area contributed by atoms with Crippen LogP contribution in [0.1, 0.15) is 32.3 Å². The Bertz CT molecular complexity index is 309. The highest BCUT2D eigenvalue weighted by Crippen LogP contribution is 2.23. The lowest BCUT2D eigenvalue weighted by Crippen LogP contribution is -2.09. The summed E-state index contributed by atoms with van der Waals surface area (Å²) in [4.78, 5) is 0. The molecule has 1 rings (SSSR count). The zero-order valence-electron chi connectivity index (χ0n) is 9.92. The highest BCUT2D eigenvalue weighted by atomic mass is 16.5. The zero-order chi connectivity index (χ0) is 11.3. The van der Waals surface area contributed by atoms with Gasteiger partial charge in [-0.3, -0.25) is 0 Å². The summed E-state index contributed by atoms with van der Waals surface area (Å²) >= 11 is 0. The molecule has 0 aliphatic rings. The van der Waals surface area contributed by atoms with E-state index in [1.807, 2.05) is 25.1 Å². The number of ether oxygens (including phenoxy) is 1. The maximum atomic E-state index is 5.82. The smallest absolute Gasteiger partial charge is 0.142 e. The van der Waals surface area contributed by atoms with Crippen molar-refractivity contribution in [1.82, 2.24) is 0 Å². The molecule has 84 valence electrons. The van der Waals surface area contributed by atoms with Crippen LogP contribution in [0.25, 0.3) is 0 Å². The standard InChI is InChI=1S/C13H21NO/c1-4-5-11(3)9-15-13-8-10(2)6-7-12(13)14/h6-8,11H,4-5,9,14H2,1-3H3/t11-/m0/s1. The second-order valence-corrected chi connectivity index (χ2v) is 4.25. The minimum absolute atomic E-state index is 0.593. The lowest BCUT2D eigenvalue weighted by atomic mass is 10.1. The SMILES string of the molecule is CCC[C@H](C)COc1cc(C)ccc1N. The van der Waals surface area contributed by atoms with E-state index in [4.69, 9.17) is 10.5 Å². The molecule has 0 radical (unpaired) electrons. The van der Waals surface area contributed by atoms with Crippen LogP contribution in [-0.4, -0.2) is 6.61 Å². The van der Waals surface area contributed by atoms with Gasteiger partial charge in [-0.05, 0) is 37.0 Å². The first-order chi connectivity index (χ1) is 7.13. The molecule has 1 aromatic carbocycles. The van der Waals surface area contributed by atoms with Gasteiger partial charge in [-0.2, -0.15) is 0 Å². The van der Waals surface area contributed by atoms with E-state index < -0.39 is 0 Å². The van der Waals surface area contributed by atoms with E-state index in [0.717, 1.165) is 18.0 Å². The predicted molar refractivity (Wildman–Crippen MR) is 65.2 cm³/mol. The summed E-state index contributed by atoms with van der Waals surface area (Å²) in [6.45, 7) is 7.19. The molecular formula is C13H21NO. The van der Waals surface area contributed by atoms with Crippen molar-refractivity contribution in [3.05, 3.63) is 23.8 Å². The van der Waals surface area contributed by atoms with Gasteiger partial charge >= 0.3 is 0 Å². The van der Waals surface area contributed by atoms with Crippen LogP contribution in [0.5, 0.6) is 5.75 Å². The van der Waals surface area contributed by atoms with Crippen molar-refractivity contribution in [2.45, 2.75) is 33.6 Å². The number of hydrogen-bond acceptors (Lipinski definition) is 2. The highest BCUT2D eigenvalue weighted by molar-refractivity contribution is 5.53. The Kier molecular flexibility index (Phi) is 4.47. The number of rotatable bonds is 5. The Hall–Kier alpha value is -1.18. The van der Waals surface area contributed by atoms with Crippen molar-refractivity contribution in [2.75, 3.05) is 12.3 Å². The molecule has 1 aromatic rings. The number of aryl methyl sites for hydroxylation is 1. The van der Waals surface area contributed by atoms with Gasteiger partial charge in [0.25, 0.3) is 0 Å². The summed E-state index contributed by atoms with van der Waals surface area (Å²) in [5, 5.41) is 0. The molecule has 2 heteroatoms. The third-order valence-electron chi connectivity index (χ3n) is 2.47. The third-order valence-corrected chi connectivity index (χ3v) is 2.47. The highest BCUT2D eigenvalue weighted by Gasteiger charge is 2.04. The number of hydrogen-bond donors (Lipinski definition) is 1. The molecule has 0 amide bonds.